The molecule has 0 unspecified atom stereocenters. The van der Waals surface area contributed by atoms with Crippen molar-refractivity contribution in [2.24, 2.45) is 7.05 Å². The molecule has 0 atom stereocenters. The summed E-state index contributed by atoms with van der Waals surface area (Å²) in [6, 6.07) is 5.64. The van der Waals surface area contributed by atoms with Crippen LogP contribution < -0.4 is 9.64 Å². The van der Waals surface area contributed by atoms with Crippen LogP contribution in [-0.4, -0.2) is 59.9 Å². The van der Waals surface area contributed by atoms with E-state index in [0.717, 1.165) is 22.3 Å². The standard InChI is InChI=1S/C18H23N5O2S.ClH/c1-12-6-7-14(25-5)15-16(12)26-18(19-15)23(11-10-21(2)3)17(24)13-8-9-22(4)20-13;/h6-9H,10-11H2,1-5H3;1H. The Hall–Kier alpha value is -2.16. The summed E-state index contributed by atoms with van der Waals surface area (Å²) in [6.45, 7) is 3.29. The Balaban J connectivity index is 0.00000261. The van der Waals surface area contributed by atoms with E-state index in [1.807, 2.05) is 38.1 Å². The average molecular weight is 410 g/mol. The van der Waals surface area contributed by atoms with E-state index in [-0.39, 0.29) is 18.3 Å². The SMILES string of the molecule is COc1ccc(C)c2sc(N(CCN(C)C)C(=O)c3ccn(C)n3)nc12.Cl. The molecule has 0 aliphatic heterocycles. The van der Waals surface area contributed by atoms with Gasteiger partial charge in [0.05, 0.1) is 11.8 Å². The molecule has 7 nitrogen and oxygen atoms in total. The number of anilines is 1. The number of benzene rings is 1. The van der Waals surface area contributed by atoms with Crippen molar-refractivity contribution in [3.8, 4) is 5.75 Å². The third kappa shape index (κ3) is 4.40. The predicted molar refractivity (Wildman–Crippen MR) is 112 cm³/mol. The van der Waals surface area contributed by atoms with Gasteiger partial charge in [0, 0.05) is 26.3 Å². The number of amides is 1. The van der Waals surface area contributed by atoms with Crippen LogP contribution in [0.2, 0.25) is 0 Å². The van der Waals surface area contributed by atoms with Crippen molar-refractivity contribution in [1.82, 2.24) is 19.7 Å². The molecule has 3 rings (SSSR count). The van der Waals surface area contributed by atoms with Gasteiger partial charge in [-0.1, -0.05) is 17.4 Å². The van der Waals surface area contributed by atoms with Crippen LogP contribution in [-0.2, 0) is 7.05 Å². The fourth-order valence-electron chi connectivity index (χ4n) is 2.63. The summed E-state index contributed by atoms with van der Waals surface area (Å²) in [6.07, 6.45) is 1.77. The molecule has 0 aliphatic carbocycles. The lowest BCUT2D eigenvalue weighted by atomic mass is 10.2. The van der Waals surface area contributed by atoms with Crippen molar-refractivity contribution in [2.75, 3.05) is 39.2 Å². The Bertz CT molecular complexity index is 937. The molecule has 0 saturated carbocycles. The van der Waals surface area contributed by atoms with E-state index in [4.69, 9.17) is 9.72 Å². The number of hydrogen-bond donors (Lipinski definition) is 0. The Labute approximate surface area is 169 Å². The van der Waals surface area contributed by atoms with Gasteiger partial charge in [-0.3, -0.25) is 14.4 Å². The van der Waals surface area contributed by atoms with Crippen LogP contribution in [0.15, 0.2) is 24.4 Å². The summed E-state index contributed by atoms with van der Waals surface area (Å²) < 4.78 is 8.10. The molecule has 0 spiro atoms. The molecular weight excluding hydrogens is 386 g/mol. The molecule has 2 aromatic heterocycles. The van der Waals surface area contributed by atoms with E-state index in [0.29, 0.717) is 23.1 Å². The van der Waals surface area contributed by atoms with Gasteiger partial charge in [0.15, 0.2) is 10.8 Å². The van der Waals surface area contributed by atoms with Gasteiger partial charge in [-0.25, -0.2) is 4.98 Å². The second kappa shape index (κ2) is 8.69. The fourth-order valence-corrected chi connectivity index (χ4v) is 3.71. The van der Waals surface area contributed by atoms with Crippen molar-refractivity contribution in [3.05, 3.63) is 35.7 Å². The summed E-state index contributed by atoms with van der Waals surface area (Å²) in [4.78, 5) is 21.5. The number of carbonyl (C=O) groups excluding carboxylic acids is 1. The minimum absolute atomic E-state index is 0. The van der Waals surface area contributed by atoms with E-state index in [2.05, 4.69) is 5.10 Å². The molecule has 27 heavy (non-hydrogen) atoms. The number of aromatic nitrogens is 3. The summed E-state index contributed by atoms with van der Waals surface area (Å²) in [5, 5.41) is 4.91. The molecule has 0 saturated heterocycles. The number of halogens is 1. The molecular formula is C18H24ClN5O2S. The van der Waals surface area contributed by atoms with Crippen molar-refractivity contribution in [3.63, 3.8) is 0 Å². The summed E-state index contributed by atoms with van der Waals surface area (Å²) >= 11 is 1.50. The van der Waals surface area contributed by atoms with Crippen LogP contribution in [0, 0.1) is 6.92 Å². The van der Waals surface area contributed by atoms with E-state index >= 15 is 0 Å². The highest BCUT2D eigenvalue weighted by atomic mass is 35.5. The number of thiazole rings is 1. The number of hydrogen-bond acceptors (Lipinski definition) is 6. The molecule has 9 heteroatoms. The summed E-state index contributed by atoms with van der Waals surface area (Å²) in [7, 11) is 7.39. The number of methoxy groups -OCH3 is 1. The van der Waals surface area contributed by atoms with Crippen molar-refractivity contribution < 1.29 is 9.53 Å². The van der Waals surface area contributed by atoms with E-state index < -0.39 is 0 Å². The van der Waals surface area contributed by atoms with Gasteiger partial charge < -0.3 is 9.64 Å². The Morgan fingerprint density at radius 1 is 1.26 bits per heavy atom. The molecule has 0 N–H and O–H groups in total. The van der Waals surface area contributed by atoms with Crippen LogP contribution >= 0.6 is 23.7 Å². The van der Waals surface area contributed by atoms with Crippen LogP contribution in [0.25, 0.3) is 10.2 Å². The van der Waals surface area contributed by atoms with E-state index in [1.165, 1.54) is 11.3 Å². The molecule has 2 heterocycles. The normalized spacial score (nSPS) is 10.9. The van der Waals surface area contributed by atoms with Crippen LogP contribution in [0.4, 0.5) is 5.13 Å². The lowest BCUT2D eigenvalue weighted by Gasteiger charge is -2.21. The average Bonchev–Trinajstić information content (AvgIpc) is 3.22. The number of fused-ring (bicyclic) bond motifs is 1. The monoisotopic (exact) mass is 409 g/mol. The first-order valence-electron chi connectivity index (χ1n) is 8.31. The maximum absolute atomic E-state index is 13.1. The van der Waals surface area contributed by atoms with E-state index in [9.17, 15) is 4.79 Å². The lowest BCUT2D eigenvalue weighted by Crippen LogP contribution is -2.37. The highest BCUT2D eigenvalue weighted by molar-refractivity contribution is 7.22. The maximum atomic E-state index is 13.1. The van der Waals surface area contributed by atoms with Gasteiger partial charge in [0.1, 0.15) is 11.3 Å². The first kappa shape index (κ1) is 21.1. The zero-order valence-corrected chi connectivity index (χ0v) is 17.7. The largest absolute Gasteiger partial charge is 0.494 e. The predicted octanol–water partition coefficient (Wildman–Crippen LogP) is 2.98. The Morgan fingerprint density at radius 2 is 2.00 bits per heavy atom. The van der Waals surface area contributed by atoms with Crippen LogP contribution in [0.5, 0.6) is 5.75 Å². The Morgan fingerprint density at radius 3 is 2.59 bits per heavy atom. The van der Waals surface area contributed by atoms with Gasteiger partial charge in [0.2, 0.25) is 0 Å². The number of nitrogens with zero attached hydrogens (tertiary/aromatic N) is 5. The van der Waals surface area contributed by atoms with Crippen LogP contribution in [0.3, 0.4) is 0 Å². The molecule has 1 amide bonds. The molecule has 0 aliphatic rings. The molecule has 0 fully saturated rings. The van der Waals surface area contributed by atoms with E-state index in [1.54, 1.807) is 36.0 Å². The third-order valence-corrected chi connectivity index (χ3v) is 5.31. The zero-order valence-electron chi connectivity index (χ0n) is 16.1. The minimum atomic E-state index is -0.150. The van der Waals surface area contributed by atoms with Crippen molar-refractivity contribution in [2.45, 2.75) is 6.92 Å². The van der Waals surface area contributed by atoms with Crippen molar-refractivity contribution in [1.29, 1.82) is 0 Å². The van der Waals surface area contributed by atoms with Gasteiger partial charge in [-0.05, 0) is 38.7 Å². The molecule has 146 valence electrons. The number of aryl methyl sites for hydroxylation is 2. The molecule has 0 bridgehead atoms. The lowest BCUT2D eigenvalue weighted by molar-refractivity contribution is 0.0979. The fraction of sp³-hybridized carbons (Fsp3) is 0.389. The van der Waals surface area contributed by atoms with Crippen molar-refractivity contribution >= 4 is 45.0 Å². The second-order valence-electron chi connectivity index (χ2n) is 6.39. The van der Waals surface area contributed by atoms with Gasteiger partial charge in [-0.2, -0.15) is 5.10 Å². The maximum Gasteiger partial charge on any atom is 0.280 e. The van der Waals surface area contributed by atoms with Crippen LogP contribution in [0.1, 0.15) is 16.1 Å². The molecule has 3 aromatic rings. The highest BCUT2D eigenvalue weighted by Crippen LogP contribution is 2.36. The summed E-state index contributed by atoms with van der Waals surface area (Å²) in [5.41, 5.74) is 2.31. The highest BCUT2D eigenvalue weighted by Gasteiger charge is 2.24. The first-order chi connectivity index (χ1) is 12.4. The Kier molecular flexibility index (Phi) is 6.80. The number of likely N-dealkylation sites (N-methyl/N-ethyl adjacent to an activating group) is 1. The van der Waals surface area contributed by atoms with Gasteiger partial charge in [-0.15, -0.1) is 12.4 Å². The summed E-state index contributed by atoms with van der Waals surface area (Å²) in [5.74, 6) is 0.564. The second-order valence-corrected chi connectivity index (χ2v) is 7.37. The number of carbonyl (C=O) groups is 1. The van der Waals surface area contributed by atoms with Gasteiger partial charge in [0.25, 0.3) is 5.91 Å². The quantitative estimate of drug-likeness (QED) is 0.626. The van der Waals surface area contributed by atoms with Gasteiger partial charge >= 0.3 is 0 Å². The first-order valence-corrected chi connectivity index (χ1v) is 9.12. The zero-order chi connectivity index (χ0) is 18.8. The molecule has 1 aromatic carbocycles. The third-order valence-electron chi connectivity index (χ3n) is 4.09. The number of ether oxygens (including phenoxy) is 1. The topological polar surface area (TPSA) is 63.5 Å². The smallest absolute Gasteiger partial charge is 0.280 e. The minimum Gasteiger partial charge on any atom is -0.494 e. The number of rotatable bonds is 6. The molecule has 0 radical (unpaired) electrons.